The Bertz CT molecular complexity index is 1030. The van der Waals surface area contributed by atoms with Gasteiger partial charge in [0.2, 0.25) is 5.91 Å². The zero-order valence-corrected chi connectivity index (χ0v) is 16.5. The molecule has 3 fully saturated rings. The first-order chi connectivity index (χ1) is 14.5. The van der Waals surface area contributed by atoms with Crippen LogP contribution in [0, 0.1) is 23.7 Å². The Labute approximate surface area is 173 Å². The molecule has 2 aromatic carbocycles. The maximum atomic E-state index is 12.9. The van der Waals surface area contributed by atoms with Crippen LogP contribution in [0.1, 0.15) is 23.2 Å². The van der Waals surface area contributed by atoms with Gasteiger partial charge in [0.15, 0.2) is 0 Å². The molecule has 5 rings (SSSR count). The van der Waals surface area contributed by atoms with Crippen LogP contribution in [-0.2, 0) is 14.3 Å². The molecule has 1 heterocycles. The number of benzene rings is 2. The Morgan fingerprint density at radius 3 is 2.60 bits per heavy atom. The van der Waals surface area contributed by atoms with E-state index >= 15 is 0 Å². The van der Waals surface area contributed by atoms with E-state index in [4.69, 9.17) is 9.47 Å². The number of esters is 1. The van der Waals surface area contributed by atoms with E-state index in [0.717, 1.165) is 12.8 Å². The minimum Gasteiger partial charge on any atom is -0.497 e. The summed E-state index contributed by atoms with van der Waals surface area (Å²) in [6.07, 6.45) is 1.65. The summed E-state index contributed by atoms with van der Waals surface area (Å²) in [7, 11) is 1.56. The summed E-state index contributed by atoms with van der Waals surface area (Å²) in [5.74, 6) is -0.362. The van der Waals surface area contributed by atoms with Crippen molar-refractivity contribution in [3.05, 3.63) is 54.1 Å². The third kappa shape index (κ3) is 3.10. The molecule has 0 radical (unpaired) electrons. The van der Waals surface area contributed by atoms with Crippen LogP contribution < -0.4 is 15.4 Å². The Morgan fingerprint density at radius 1 is 1.03 bits per heavy atom. The number of methoxy groups -OCH3 is 1. The highest BCUT2D eigenvalue weighted by Crippen LogP contribution is 2.57. The number of carbonyl (C=O) groups is 3. The molecule has 2 N–H and O–H groups in total. The second-order valence-corrected chi connectivity index (χ2v) is 8.18. The molecule has 0 spiro atoms. The lowest BCUT2D eigenvalue weighted by Crippen LogP contribution is -2.35. The number of carbonyl (C=O) groups excluding carboxylic acids is 3. The molecule has 30 heavy (non-hydrogen) atoms. The number of amides is 2. The van der Waals surface area contributed by atoms with Crippen molar-refractivity contribution in [2.24, 2.45) is 23.7 Å². The van der Waals surface area contributed by atoms with E-state index in [1.165, 1.54) is 0 Å². The lowest BCUT2D eigenvalue weighted by Gasteiger charge is -2.23. The average molecular weight is 406 g/mol. The molecule has 2 bridgehead atoms. The van der Waals surface area contributed by atoms with Crippen molar-refractivity contribution < 1.29 is 23.9 Å². The Kier molecular flexibility index (Phi) is 4.46. The van der Waals surface area contributed by atoms with E-state index in [-0.39, 0.29) is 47.6 Å². The van der Waals surface area contributed by atoms with E-state index in [1.807, 2.05) is 0 Å². The minimum atomic E-state index is -0.351. The van der Waals surface area contributed by atoms with Gasteiger partial charge in [0.25, 0.3) is 5.91 Å². The summed E-state index contributed by atoms with van der Waals surface area (Å²) in [5.41, 5.74) is 1.57. The number of hydrogen-bond donors (Lipinski definition) is 2. The summed E-state index contributed by atoms with van der Waals surface area (Å²) in [6, 6.07) is 13.9. The van der Waals surface area contributed by atoms with Crippen molar-refractivity contribution in [1.82, 2.24) is 0 Å². The first-order valence-corrected chi connectivity index (χ1v) is 10.1. The van der Waals surface area contributed by atoms with Gasteiger partial charge in [-0.15, -0.1) is 0 Å². The third-order valence-electron chi connectivity index (χ3n) is 6.51. The van der Waals surface area contributed by atoms with E-state index in [2.05, 4.69) is 10.6 Å². The first-order valence-electron chi connectivity index (χ1n) is 10.1. The summed E-state index contributed by atoms with van der Waals surface area (Å²) in [6.45, 7) is 0. The van der Waals surface area contributed by atoms with Gasteiger partial charge in [-0.25, -0.2) is 0 Å². The Balaban J connectivity index is 1.29. The van der Waals surface area contributed by atoms with Crippen molar-refractivity contribution in [2.75, 3.05) is 17.7 Å². The summed E-state index contributed by atoms with van der Waals surface area (Å²) in [5, 5.41) is 5.73. The molecule has 1 saturated heterocycles. The van der Waals surface area contributed by atoms with Crippen LogP contribution in [0.5, 0.6) is 5.75 Å². The van der Waals surface area contributed by atoms with Gasteiger partial charge in [-0.2, -0.15) is 0 Å². The van der Waals surface area contributed by atoms with E-state index < -0.39 is 0 Å². The van der Waals surface area contributed by atoms with Gasteiger partial charge in [0.05, 0.1) is 18.9 Å². The molecule has 0 aromatic heterocycles. The van der Waals surface area contributed by atoms with Gasteiger partial charge in [-0.3, -0.25) is 14.4 Å². The maximum Gasteiger partial charge on any atom is 0.310 e. The predicted octanol–water partition coefficient (Wildman–Crippen LogP) is 3.08. The van der Waals surface area contributed by atoms with Gasteiger partial charge in [0, 0.05) is 28.9 Å². The topological polar surface area (TPSA) is 93.7 Å². The molecule has 7 heteroatoms. The van der Waals surface area contributed by atoms with Crippen molar-refractivity contribution in [3.8, 4) is 5.75 Å². The lowest BCUT2D eigenvalue weighted by molar-refractivity contribution is -0.145. The van der Waals surface area contributed by atoms with Gasteiger partial charge in [0.1, 0.15) is 11.9 Å². The molecule has 2 amide bonds. The van der Waals surface area contributed by atoms with Crippen LogP contribution in [0.4, 0.5) is 11.4 Å². The zero-order valence-electron chi connectivity index (χ0n) is 16.5. The standard InChI is InChI=1S/C23H22N2O5/c1-29-16-7-3-6-15(11-16)24-21(26)12-4-2-5-14(8-12)25-22(27)19-13-9-17-18(10-13)30-23(28)20(17)19/h2-8,11,13,17-20H,9-10H2,1H3,(H,24,26)(H,25,27)/t13-,17+,18-,19+,20+/m0/s1. The number of ether oxygens (including phenoxy) is 2. The maximum absolute atomic E-state index is 12.9. The number of rotatable bonds is 5. The molecule has 154 valence electrons. The normalized spacial score (nSPS) is 28.2. The monoisotopic (exact) mass is 406 g/mol. The van der Waals surface area contributed by atoms with Gasteiger partial charge in [-0.1, -0.05) is 12.1 Å². The number of anilines is 2. The van der Waals surface area contributed by atoms with Crippen LogP contribution >= 0.6 is 0 Å². The fourth-order valence-corrected chi connectivity index (χ4v) is 5.23. The van der Waals surface area contributed by atoms with Crippen molar-refractivity contribution in [2.45, 2.75) is 18.9 Å². The highest BCUT2D eigenvalue weighted by Gasteiger charge is 2.63. The molecule has 3 aliphatic rings. The van der Waals surface area contributed by atoms with Gasteiger partial charge < -0.3 is 20.1 Å². The van der Waals surface area contributed by atoms with Crippen molar-refractivity contribution >= 4 is 29.2 Å². The molecule has 0 unspecified atom stereocenters. The first kappa shape index (κ1) is 18.7. The van der Waals surface area contributed by atoms with Gasteiger partial charge in [-0.05, 0) is 49.1 Å². The fraction of sp³-hybridized carbons (Fsp3) is 0.348. The summed E-state index contributed by atoms with van der Waals surface area (Å²) in [4.78, 5) is 37.7. The second-order valence-electron chi connectivity index (χ2n) is 8.18. The molecule has 5 atom stereocenters. The average Bonchev–Trinajstić information content (AvgIpc) is 3.37. The number of hydrogen-bond acceptors (Lipinski definition) is 5. The smallest absolute Gasteiger partial charge is 0.310 e. The molecule has 2 aliphatic carbocycles. The highest BCUT2D eigenvalue weighted by molar-refractivity contribution is 6.05. The quantitative estimate of drug-likeness (QED) is 0.745. The van der Waals surface area contributed by atoms with Crippen LogP contribution in [0.3, 0.4) is 0 Å². The van der Waals surface area contributed by atoms with E-state index in [9.17, 15) is 14.4 Å². The molecule has 7 nitrogen and oxygen atoms in total. The van der Waals surface area contributed by atoms with Crippen molar-refractivity contribution in [1.29, 1.82) is 0 Å². The minimum absolute atomic E-state index is 0.000171. The van der Waals surface area contributed by atoms with Crippen LogP contribution in [0.15, 0.2) is 48.5 Å². The molecular weight excluding hydrogens is 384 g/mol. The van der Waals surface area contributed by atoms with Crippen LogP contribution in [0.2, 0.25) is 0 Å². The molecular formula is C23H22N2O5. The summed E-state index contributed by atoms with van der Waals surface area (Å²) < 4.78 is 10.6. The zero-order chi connectivity index (χ0) is 20.8. The predicted molar refractivity (Wildman–Crippen MR) is 109 cm³/mol. The lowest BCUT2D eigenvalue weighted by atomic mass is 9.79. The highest BCUT2D eigenvalue weighted by atomic mass is 16.6. The second kappa shape index (κ2) is 7.16. The third-order valence-corrected chi connectivity index (χ3v) is 6.51. The fourth-order valence-electron chi connectivity index (χ4n) is 5.23. The SMILES string of the molecule is COc1cccc(NC(=O)c2cccc(NC(=O)[C@@H]3[C@H]4C[C@H]5[C@H]3C(=O)O[C@H]5C4)c2)c1. The molecule has 2 saturated carbocycles. The van der Waals surface area contributed by atoms with E-state index in [1.54, 1.807) is 55.6 Å². The Hall–Kier alpha value is -3.35. The molecule has 1 aliphatic heterocycles. The van der Waals surface area contributed by atoms with Crippen LogP contribution in [0.25, 0.3) is 0 Å². The number of fused-ring (bicyclic) bond motifs is 1. The largest absolute Gasteiger partial charge is 0.497 e. The van der Waals surface area contributed by atoms with E-state index in [0.29, 0.717) is 22.7 Å². The molecule has 2 aromatic rings. The Morgan fingerprint density at radius 2 is 1.80 bits per heavy atom. The van der Waals surface area contributed by atoms with Crippen molar-refractivity contribution in [3.63, 3.8) is 0 Å². The number of nitrogens with one attached hydrogen (secondary N) is 2. The van der Waals surface area contributed by atoms with Crippen LogP contribution in [-0.4, -0.2) is 31.0 Å². The van der Waals surface area contributed by atoms with Gasteiger partial charge >= 0.3 is 5.97 Å². The summed E-state index contributed by atoms with van der Waals surface area (Å²) >= 11 is 0.